The van der Waals surface area contributed by atoms with Crippen LogP contribution in [-0.2, 0) is 22.6 Å². The monoisotopic (exact) mass is 433 g/mol. The SMILES string of the molecule is O=C(NC1CCCC1)[C@@H](c1ccncc1)N(Cc1ccccc1)C(=O)Cc1cccs1. The van der Waals surface area contributed by atoms with Crippen molar-refractivity contribution < 1.29 is 9.59 Å². The van der Waals surface area contributed by atoms with Gasteiger partial charge in [0.05, 0.1) is 6.42 Å². The lowest BCUT2D eigenvalue weighted by atomic mass is 10.0. The zero-order valence-electron chi connectivity index (χ0n) is 17.4. The van der Waals surface area contributed by atoms with Gasteiger partial charge in [0.1, 0.15) is 6.04 Å². The predicted molar refractivity (Wildman–Crippen MR) is 122 cm³/mol. The van der Waals surface area contributed by atoms with Gasteiger partial charge < -0.3 is 10.2 Å². The molecular formula is C25H27N3O2S. The molecule has 1 aliphatic carbocycles. The van der Waals surface area contributed by atoms with Gasteiger partial charge in [-0.15, -0.1) is 11.3 Å². The highest BCUT2D eigenvalue weighted by Gasteiger charge is 2.33. The van der Waals surface area contributed by atoms with E-state index in [9.17, 15) is 9.59 Å². The molecule has 1 aromatic carbocycles. The van der Waals surface area contributed by atoms with E-state index in [-0.39, 0.29) is 24.3 Å². The molecule has 31 heavy (non-hydrogen) atoms. The number of amides is 2. The summed E-state index contributed by atoms with van der Waals surface area (Å²) in [5.41, 5.74) is 1.77. The summed E-state index contributed by atoms with van der Waals surface area (Å²) in [6.07, 6.45) is 7.90. The third-order valence-electron chi connectivity index (χ3n) is 5.71. The van der Waals surface area contributed by atoms with Crippen LogP contribution >= 0.6 is 11.3 Å². The van der Waals surface area contributed by atoms with E-state index in [1.165, 1.54) is 0 Å². The number of benzene rings is 1. The van der Waals surface area contributed by atoms with E-state index in [1.54, 1.807) is 28.6 Å². The van der Waals surface area contributed by atoms with Crippen LogP contribution in [0.25, 0.3) is 0 Å². The second kappa shape index (κ2) is 10.4. The van der Waals surface area contributed by atoms with Crippen LogP contribution in [0.4, 0.5) is 0 Å². The van der Waals surface area contributed by atoms with Crippen LogP contribution in [0.1, 0.15) is 47.7 Å². The summed E-state index contributed by atoms with van der Waals surface area (Å²) in [5, 5.41) is 5.18. The fraction of sp³-hybridized carbons (Fsp3) is 0.320. The first kappa shape index (κ1) is 21.2. The molecule has 1 saturated carbocycles. The largest absolute Gasteiger partial charge is 0.351 e. The average Bonchev–Trinajstić information content (AvgIpc) is 3.49. The van der Waals surface area contributed by atoms with Gasteiger partial charge >= 0.3 is 0 Å². The number of aromatic nitrogens is 1. The molecule has 0 aliphatic heterocycles. The van der Waals surface area contributed by atoms with Crippen molar-refractivity contribution in [2.45, 2.75) is 50.7 Å². The molecule has 3 aromatic rings. The fourth-order valence-electron chi connectivity index (χ4n) is 4.14. The molecule has 5 nitrogen and oxygen atoms in total. The van der Waals surface area contributed by atoms with Crippen molar-refractivity contribution in [3.63, 3.8) is 0 Å². The molecule has 2 aromatic heterocycles. The summed E-state index contributed by atoms with van der Waals surface area (Å²) in [6, 6.07) is 16.9. The number of rotatable bonds is 8. The maximum atomic E-state index is 13.5. The van der Waals surface area contributed by atoms with E-state index < -0.39 is 6.04 Å². The highest BCUT2D eigenvalue weighted by Crippen LogP contribution is 2.27. The van der Waals surface area contributed by atoms with Gasteiger partial charge in [-0.3, -0.25) is 14.6 Å². The number of carbonyl (C=O) groups is 2. The van der Waals surface area contributed by atoms with Crippen molar-refractivity contribution in [2.24, 2.45) is 0 Å². The summed E-state index contributed by atoms with van der Waals surface area (Å²) in [5.74, 6) is -0.178. The fourth-order valence-corrected chi connectivity index (χ4v) is 4.83. The minimum absolute atomic E-state index is 0.0605. The Bertz CT molecular complexity index is 971. The van der Waals surface area contributed by atoms with Crippen LogP contribution in [-0.4, -0.2) is 27.7 Å². The van der Waals surface area contributed by atoms with Crippen molar-refractivity contribution in [3.8, 4) is 0 Å². The van der Waals surface area contributed by atoms with Crippen LogP contribution in [0.15, 0.2) is 72.4 Å². The highest BCUT2D eigenvalue weighted by atomic mass is 32.1. The lowest BCUT2D eigenvalue weighted by Crippen LogP contribution is -2.46. The van der Waals surface area contributed by atoms with Crippen LogP contribution in [0.5, 0.6) is 0 Å². The summed E-state index contributed by atoms with van der Waals surface area (Å²) in [7, 11) is 0. The summed E-state index contributed by atoms with van der Waals surface area (Å²) >= 11 is 1.56. The average molecular weight is 434 g/mol. The molecule has 0 unspecified atom stereocenters. The molecule has 1 fully saturated rings. The molecule has 1 aliphatic rings. The Hall–Kier alpha value is -2.99. The topological polar surface area (TPSA) is 62.3 Å². The maximum absolute atomic E-state index is 13.5. The minimum atomic E-state index is -0.698. The van der Waals surface area contributed by atoms with Gasteiger partial charge in [-0.2, -0.15) is 0 Å². The van der Waals surface area contributed by atoms with Crippen molar-refractivity contribution >= 4 is 23.2 Å². The Balaban J connectivity index is 1.66. The number of thiophene rings is 1. The van der Waals surface area contributed by atoms with Crippen molar-refractivity contribution in [1.29, 1.82) is 0 Å². The highest BCUT2D eigenvalue weighted by molar-refractivity contribution is 7.10. The van der Waals surface area contributed by atoms with E-state index in [0.717, 1.165) is 41.7 Å². The first-order valence-electron chi connectivity index (χ1n) is 10.8. The van der Waals surface area contributed by atoms with E-state index in [1.807, 2.05) is 60.0 Å². The van der Waals surface area contributed by atoms with Gasteiger partial charge in [-0.1, -0.05) is 49.2 Å². The predicted octanol–water partition coefficient (Wildman–Crippen LogP) is 4.51. The molecule has 2 heterocycles. The second-order valence-corrected chi connectivity index (χ2v) is 8.97. The zero-order chi connectivity index (χ0) is 21.5. The number of hydrogen-bond donors (Lipinski definition) is 1. The van der Waals surface area contributed by atoms with Gasteiger partial charge in [0.25, 0.3) is 0 Å². The lowest BCUT2D eigenvalue weighted by Gasteiger charge is -2.32. The Morgan fingerprint density at radius 3 is 2.45 bits per heavy atom. The van der Waals surface area contributed by atoms with E-state index >= 15 is 0 Å². The molecule has 1 N–H and O–H groups in total. The van der Waals surface area contributed by atoms with Crippen molar-refractivity contribution in [3.05, 3.63) is 88.4 Å². The van der Waals surface area contributed by atoms with Gasteiger partial charge in [0.15, 0.2) is 0 Å². The molecule has 160 valence electrons. The summed E-state index contributed by atoms with van der Waals surface area (Å²) < 4.78 is 0. The lowest BCUT2D eigenvalue weighted by molar-refractivity contribution is -0.141. The number of hydrogen-bond acceptors (Lipinski definition) is 4. The molecule has 0 bridgehead atoms. The standard InChI is InChI=1S/C25H27N3O2S/c29-23(17-22-11-6-16-31-22)28(18-19-7-2-1-3-8-19)24(20-12-14-26-15-13-20)25(30)27-21-9-4-5-10-21/h1-3,6-8,11-16,21,24H,4-5,9-10,17-18H2,(H,27,30)/t24-/m1/s1. The second-order valence-electron chi connectivity index (χ2n) is 7.94. The maximum Gasteiger partial charge on any atom is 0.247 e. The van der Waals surface area contributed by atoms with Gasteiger partial charge in [0, 0.05) is 29.9 Å². The molecule has 6 heteroatoms. The molecule has 1 atom stereocenters. The number of nitrogens with one attached hydrogen (secondary N) is 1. The molecule has 0 saturated heterocycles. The van der Waals surface area contributed by atoms with Gasteiger partial charge in [-0.05, 0) is 47.5 Å². The van der Waals surface area contributed by atoms with E-state index in [0.29, 0.717) is 6.54 Å². The Labute approximate surface area is 187 Å². The van der Waals surface area contributed by atoms with Crippen molar-refractivity contribution in [1.82, 2.24) is 15.2 Å². The van der Waals surface area contributed by atoms with E-state index in [4.69, 9.17) is 0 Å². The minimum Gasteiger partial charge on any atom is -0.351 e. The van der Waals surface area contributed by atoms with Crippen LogP contribution < -0.4 is 5.32 Å². The first-order chi connectivity index (χ1) is 15.2. The van der Waals surface area contributed by atoms with Crippen LogP contribution in [0.3, 0.4) is 0 Å². The normalized spacial score (nSPS) is 14.8. The van der Waals surface area contributed by atoms with Crippen molar-refractivity contribution in [2.75, 3.05) is 0 Å². The smallest absolute Gasteiger partial charge is 0.247 e. The molecule has 0 spiro atoms. The molecule has 4 rings (SSSR count). The molecule has 0 radical (unpaired) electrons. The van der Waals surface area contributed by atoms with Gasteiger partial charge in [0.2, 0.25) is 11.8 Å². The Morgan fingerprint density at radius 2 is 1.77 bits per heavy atom. The Morgan fingerprint density at radius 1 is 1.03 bits per heavy atom. The number of carbonyl (C=O) groups excluding carboxylic acids is 2. The van der Waals surface area contributed by atoms with E-state index in [2.05, 4.69) is 10.3 Å². The zero-order valence-corrected chi connectivity index (χ0v) is 18.3. The number of pyridine rings is 1. The Kier molecular flexibility index (Phi) is 7.10. The summed E-state index contributed by atoms with van der Waals surface area (Å²) in [6.45, 7) is 0.371. The summed E-state index contributed by atoms with van der Waals surface area (Å²) in [4.78, 5) is 33.8. The number of nitrogens with zero attached hydrogens (tertiary/aromatic N) is 2. The quantitative estimate of drug-likeness (QED) is 0.568. The van der Waals surface area contributed by atoms with Crippen LogP contribution in [0, 0.1) is 0 Å². The first-order valence-corrected chi connectivity index (χ1v) is 11.6. The molecular weight excluding hydrogens is 406 g/mol. The van der Waals surface area contributed by atoms with Crippen LogP contribution in [0.2, 0.25) is 0 Å². The third-order valence-corrected chi connectivity index (χ3v) is 6.58. The van der Waals surface area contributed by atoms with Gasteiger partial charge in [-0.25, -0.2) is 0 Å². The third kappa shape index (κ3) is 5.58. The molecule has 2 amide bonds.